The molecule has 6 nitrogen and oxygen atoms in total. The molecule has 0 bridgehead atoms. The topological polar surface area (TPSA) is 81.1 Å². The molecule has 2 aromatic rings. The van der Waals surface area contributed by atoms with Gasteiger partial charge in [-0.3, -0.25) is 4.79 Å². The number of nitrogens with zero attached hydrogens (tertiary/aromatic N) is 2. The summed E-state index contributed by atoms with van der Waals surface area (Å²) in [5.41, 5.74) is 1.00. The molecule has 2 heterocycles. The van der Waals surface area contributed by atoms with Crippen LogP contribution in [-0.2, 0) is 15.3 Å². The summed E-state index contributed by atoms with van der Waals surface area (Å²) in [5, 5.41) is 7.94. The average Bonchev–Trinajstić information content (AvgIpc) is 3.10. The lowest BCUT2D eigenvalue weighted by atomic mass is 9.92. The highest BCUT2D eigenvalue weighted by Gasteiger charge is 2.33. The van der Waals surface area contributed by atoms with Gasteiger partial charge in [-0.25, -0.2) is 13.1 Å². The molecule has 1 aromatic heterocycles. The van der Waals surface area contributed by atoms with Crippen LogP contribution in [0.2, 0.25) is 5.02 Å². The zero-order valence-corrected chi connectivity index (χ0v) is 16.6. The van der Waals surface area contributed by atoms with E-state index in [0.717, 1.165) is 5.69 Å². The van der Waals surface area contributed by atoms with Crippen molar-refractivity contribution in [2.24, 2.45) is 0 Å². The monoisotopic (exact) mass is 395 g/mol. The van der Waals surface area contributed by atoms with Crippen LogP contribution >= 0.6 is 11.6 Å². The summed E-state index contributed by atoms with van der Waals surface area (Å²) >= 11 is 5.96. The van der Waals surface area contributed by atoms with Gasteiger partial charge in [-0.15, -0.1) is 0 Å². The largest absolute Gasteiger partial charge is 0.307 e. The third-order valence-electron chi connectivity index (χ3n) is 4.39. The van der Waals surface area contributed by atoms with Crippen LogP contribution in [0.4, 0.5) is 5.82 Å². The molecule has 3 rings (SSSR count). The lowest BCUT2D eigenvalue weighted by Gasteiger charge is -2.15. The van der Waals surface area contributed by atoms with Gasteiger partial charge in [-0.2, -0.15) is 5.10 Å². The van der Waals surface area contributed by atoms with E-state index in [-0.39, 0.29) is 28.9 Å². The van der Waals surface area contributed by atoms with Crippen molar-refractivity contribution >= 4 is 33.2 Å². The normalized spacial score (nSPS) is 19.5. The minimum atomic E-state index is -3.06. The molecule has 1 saturated heterocycles. The number of carbonyl (C=O) groups excluding carboxylic acids is 1. The van der Waals surface area contributed by atoms with Crippen molar-refractivity contribution in [1.29, 1.82) is 0 Å². The molecule has 8 heteroatoms. The number of rotatable bonds is 3. The number of halogens is 1. The van der Waals surface area contributed by atoms with Crippen molar-refractivity contribution in [2.45, 2.75) is 38.6 Å². The van der Waals surface area contributed by atoms with Crippen LogP contribution in [0, 0.1) is 0 Å². The first kappa shape index (κ1) is 18.9. The van der Waals surface area contributed by atoms with Crippen molar-refractivity contribution < 1.29 is 13.2 Å². The maximum absolute atomic E-state index is 12.6. The van der Waals surface area contributed by atoms with Crippen LogP contribution < -0.4 is 5.32 Å². The molecule has 1 fully saturated rings. The average molecular weight is 396 g/mol. The van der Waals surface area contributed by atoms with E-state index < -0.39 is 9.84 Å². The quantitative estimate of drug-likeness (QED) is 0.862. The van der Waals surface area contributed by atoms with Gasteiger partial charge in [0.25, 0.3) is 5.91 Å². The maximum atomic E-state index is 12.6. The van der Waals surface area contributed by atoms with E-state index in [0.29, 0.717) is 22.8 Å². The summed E-state index contributed by atoms with van der Waals surface area (Å²) in [6.45, 7) is 6.06. The van der Waals surface area contributed by atoms with Crippen molar-refractivity contribution in [1.82, 2.24) is 9.78 Å². The van der Waals surface area contributed by atoms with Crippen LogP contribution in [0.1, 0.15) is 49.3 Å². The number of sulfone groups is 1. The lowest BCUT2D eigenvalue weighted by molar-refractivity contribution is 0.102. The first-order chi connectivity index (χ1) is 12.0. The van der Waals surface area contributed by atoms with Crippen LogP contribution in [0.3, 0.4) is 0 Å². The molecule has 1 amide bonds. The maximum Gasteiger partial charge on any atom is 0.256 e. The van der Waals surface area contributed by atoms with Crippen molar-refractivity contribution in [3.8, 4) is 0 Å². The van der Waals surface area contributed by atoms with Gasteiger partial charge < -0.3 is 5.32 Å². The van der Waals surface area contributed by atoms with Crippen molar-refractivity contribution in [3.63, 3.8) is 0 Å². The third-order valence-corrected chi connectivity index (χ3v) is 6.37. The Hall–Kier alpha value is -1.86. The molecule has 0 saturated carbocycles. The zero-order chi connectivity index (χ0) is 19.1. The number of benzene rings is 1. The summed E-state index contributed by atoms with van der Waals surface area (Å²) < 4.78 is 25.4. The van der Waals surface area contributed by atoms with Gasteiger partial charge in [-0.05, 0) is 24.6 Å². The first-order valence-electron chi connectivity index (χ1n) is 8.42. The number of anilines is 1. The molecule has 0 spiro atoms. The van der Waals surface area contributed by atoms with Gasteiger partial charge in [0.2, 0.25) is 0 Å². The third kappa shape index (κ3) is 4.10. The van der Waals surface area contributed by atoms with Crippen LogP contribution in [-0.4, -0.2) is 35.6 Å². The van der Waals surface area contributed by atoms with Crippen LogP contribution in [0.5, 0.6) is 0 Å². The second-order valence-corrected chi connectivity index (χ2v) is 10.3. The van der Waals surface area contributed by atoms with Crippen LogP contribution in [0.25, 0.3) is 0 Å². The first-order valence-corrected chi connectivity index (χ1v) is 10.6. The summed E-state index contributed by atoms with van der Waals surface area (Å²) in [6, 6.07) is 8.20. The Morgan fingerprint density at radius 1 is 1.31 bits per heavy atom. The Bertz CT molecular complexity index is 945. The predicted octanol–water partition coefficient (Wildman–Crippen LogP) is 3.45. The fraction of sp³-hybridized carbons (Fsp3) is 0.444. The molecular weight excluding hydrogens is 374 g/mol. The van der Waals surface area contributed by atoms with Gasteiger partial charge in [0.15, 0.2) is 9.84 Å². The van der Waals surface area contributed by atoms with Crippen molar-refractivity contribution in [2.75, 3.05) is 16.8 Å². The number of carbonyl (C=O) groups is 1. The number of hydrogen-bond donors (Lipinski definition) is 1. The van der Waals surface area contributed by atoms with Gasteiger partial charge >= 0.3 is 0 Å². The molecule has 1 atom stereocenters. The second-order valence-electron chi connectivity index (χ2n) is 7.63. The van der Waals surface area contributed by atoms with E-state index in [1.807, 2.05) is 26.8 Å². The number of aromatic nitrogens is 2. The second kappa shape index (κ2) is 6.70. The van der Waals surface area contributed by atoms with E-state index >= 15 is 0 Å². The molecule has 0 aliphatic carbocycles. The number of amides is 1. The highest BCUT2D eigenvalue weighted by atomic mass is 35.5. The van der Waals surface area contributed by atoms with E-state index in [9.17, 15) is 13.2 Å². The predicted molar refractivity (Wildman–Crippen MR) is 103 cm³/mol. The van der Waals surface area contributed by atoms with Gasteiger partial charge in [0.05, 0.1) is 23.2 Å². The fourth-order valence-electron chi connectivity index (χ4n) is 2.92. The van der Waals surface area contributed by atoms with Gasteiger partial charge in [0, 0.05) is 22.1 Å². The minimum absolute atomic E-state index is 0.0400. The molecule has 1 aliphatic heterocycles. The Balaban J connectivity index is 1.94. The molecule has 26 heavy (non-hydrogen) atoms. The highest BCUT2D eigenvalue weighted by molar-refractivity contribution is 7.91. The Morgan fingerprint density at radius 2 is 2.04 bits per heavy atom. The summed E-state index contributed by atoms with van der Waals surface area (Å²) in [4.78, 5) is 12.6. The molecule has 1 aromatic carbocycles. The molecule has 140 valence electrons. The zero-order valence-electron chi connectivity index (χ0n) is 15.0. The smallest absolute Gasteiger partial charge is 0.256 e. The van der Waals surface area contributed by atoms with E-state index in [1.54, 1.807) is 28.9 Å². The highest BCUT2D eigenvalue weighted by Crippen LogP contribution is 2.31. The minimum Gasteiger partial charge on any atom is -0.307 e. The molecule has 1 N–H and O–H groups in total. The standard InChI is InChI=1S/C18H22ClN3O3S/c1-18(2,3)15-10-16(20-17(23)12-5-4-6-13(19)9-12)22(21-15)14-7-8-26(24,25)11-14/h4-6,9-10,14H,7-8,11H2,1-3H3,(H,20,23). The summed E-state index contributed by atoms with van der Waals surface area (Å²) in [5.74, 6) is 0.375. The summed E-state index contributed by atoms with van der Waals surface area (Å²) in [7, 11) is -3.06. The van der Waals surface area contributed by atoms with E-state index in [2.05, 4.69) is 10.4 Å². The van der Waals surface area contributed by atoms with E-state index in [4.69, 9.17) is 11.6 Å². The Kier molecular flexibility index (Phi) is 4.88. The SMILES string of the molecule is CC(C)(C)c1cc(NC(=O)c2cccc(Cl)c2)n(C2CCS(=O)(=O)C2)n1. The van der Waals surface area contributed by atoms with E-state index in [1.165, 1.54) is 0 Å². The number of nitrogens with one attached hydrogen (secondary N) is 1. The number of hydrogen-bond acceptors (Lipinski definition) is 4. The Labute approximate surface area is 158 Å². The molecule has 1 aliphatic rings. The van der Waals surface area contributed by atoms with Crippen molar-refractivity contribution in [3.05, 3.63) is 46.6 Å². The van der Waals surface area contributed by atoms with Gasteiger partial charge in [0.1, 0.15) is 5.82 Å². The Morgan fingerprint density at radius 3 is 2.62 bits per heavy atom. The summed E-state index contributed by atoms with van der Waals surface area (Å²) in [6.07, 6.45) is 0.494. The van der Waals surface area contributed by atoms with Gasteiger partial charge in [-0.1, -0.05) is 38.4 Å². The fourth-order valence-corrected chi connectivity index (χ4v) is 4.80. The lowest BCUT2D eigenvalue weighted by Crippen LogP contribution is -2.20. The molecule has 0 radical (unpaired) electrons. The molecular formula is C18H22ClN3O3S. The van der Waals surface area contributed by atoms with Crippen LogP contribution in [0.15, 0.2) is 30.3 Å². The molecule has 1 unspecified atom stereocenters.